The molecule has 0 aliphatic carbocycles. The quantitative estimate of drug-likeness (QED) is 0.744. The van der Waals surface area contributed by atoms with Crippen molar-refractivity contribution in [1.29, 1.82) is 0 Å². The van der Waals surface area contributed by atoms with E-state index < -0.39 is 5.54 Å². The van der Waals surface area contributed by atoms with Crippen LogP contribution in [0.3, 0.4) is 0 Å². The van der Waals surface area contributed by atoms with Crippen molar-refractivity contribution in [2.24, 2.45) is 0 Å². The molecule has 1 unspecified atom stereocenters. The van der Waals surface area contributed by atoms with Crippen molar-refractivity contribution in [2.75, 3.05) is 38.8 Å². The number of methoxy groups -OCH3 is 1. The first-order valence-corrected chi connectivity index (χ1v) is 7.25. The number of anilines is 1. The summed E-state index contributed by atoms with van der Waals surface area (Å²) in [6.45, 7) is 7.20. The summed E-state index contributed by atoms with van der Waals surface area (Å²) in [5.41, 5.74) is 0.175. The van der Waals surface area contributed by atoms with Crippen LogP contribution in [0.25, 0.3) is 0 Å². The molecule has 1 aromatic carbocycles. The van der Waals surface area contributed by atoms with Crippen molar-refractivity contribution in [2.45, 2.75) is 26.3 Å². The monoisotopic (exact) mass is 294 g/mol. The number of nitrogens with one attached hydrogen (secondary N) is 1. The molecule has 0 radical (unpaired) electrons. The van der Waals surface area contributed by atoms with Gasteiger partial charge in [-0.05, 0) is 32.5 Å². The lowest BCUT2D eigenvalue weighted by molar-refractivity contribution is -0.150. The van der Waals surface area contributed by atoms with Crippen LogP contribution < -0.4 is 15.0 Å². The van der Waals surface area contributed by atoms with Crippen molar-refractivity contribution < 1.29 is 14.3 Å². The molecule has 1 aromatic rings. The molecule has 0 aliphatic heterocycles. The molecule has 0 spiro atoms. The topological polar surface area (TPSA) is 50.8 Å². The van der Waals surface area contributed by atoms with E-state index in [0.29, 0.717) is 19.7 Å². The van der Waals surface area contributed by atoms with Gasteiger partial charge in [0.05, 0.1) is 19.4 Å². The van der Waals surface area contributed by atoms with Crippen LogP contribution in [0.15, 0.2) is 24.3 Å². The summed E-state index contributed by atoms with van der Waals surface area (Å²) in [7, 11) is 3.58. The maximum Gasteiger partial charge on any atom is 0.327 e. The Morgan fingerprint density at radius 3 is 2.57 bits per heavy atom. The van der Waals surface area contributed by atoms with Crippen molar-refractivity contribution in [3.8, 4) is 5.75 Å². The van der Waals surface area contributed by atoms with E-state index in [4.69, 9.17) is 9.47 Å². The van der Waals surface area contributed by atoms with Crippen LogP contribution in [0.4, 0.5) is 5.69 Å². The van der Waals surface area contributed by atoms with Gasteiger partial charge in [0.2, 0.25) is 0 Å². The number of carbonyl (C=O) groups excluding carboxylic acids is 1. The van der Waals surface area contributed by atoms with Crippen molar-refractivity contribution in [3.05, 3.63) is 24.3 Å². The molecule has 21 heavy (non-hydrogen) atoms. The van der Waals surface area contributed by atoms with E-state index in [1.807, 2.05) is 57.0 Å². The number of rotatable bonds is 8. The summed E-state index contributed by atoms with van der Waals surface area (Å²) in [5.74, 6) is 0.538. The van der Waals surface area contributed by atoms with Crippen LogP contribution in [0.2, 0.25) is 0 Å². The fourth-order valence-electron chi connectivity index (χ4n) is 2.38. The van der Waals surface area contributed by atoms with Gasteiger partial charge >= 0.3 is 5.97 Å². The lowest BCUT2D eigenvalue weighted by Crippen LogP contribution is -2.57. The van der Waals surface area contributed by atoms with Crippen molar-refractivity contribution in [1.82, 2.24) is 5.32 Å². The fraction of sp³-hybridized carbons (Fsp3) is 0.562. The highest BCUT2D eigenvalue weighted by Gasteiger charge is 2.35. The molecule has 5 heteroatoms. The molecule has 5 nitrogen and oxygen atoms in total. The van der Waals surface area contributed by atoms with Crippen LogP contribution in [0, 0.1) is 0 Å². The summed E-state index contributed by atoms with van der Waals surface area (Å²) in [6, 6.07) is 7.74. The summed E-state index contributed by atoms with van der Waals surface area (Å²) < 4.78 is 10.6. The zero-order valence-corrected chi connectivity index (χ0v) is 13.6. The summed E-state index contributed by atoms with van der Waals surface area (Å²) >= 11 is 0. The van der Waals surface area contributed by atoms with Gasteiger partial charge in [0.15, 0.2) is 0 Å². The van der Waals surface area contributed by atoms with Crippen LogP contribution in [0.5, 0.6) is 5.75 Å². The number of esters is 1. The second kappa shape index (κ2) is 7.88. The first-order valence-electron chi connectivity index (χ1n) is 7.25. The molecular weight excluding hydrogens is 268 g/mol. The molecule has 118 valence electrons. The van der Waals surface area contributed by atoms with Gasteiger partial charge in [-0.25, -0.2) is 4.79 Å². The Labute approximate surface area is 127 Å². The van der Waals surface area contributed by atoms with E-state index in [9.17, 15) is 4.79 Å². The smallest absolute Gasteiger partial charge is 0.327 e. The number of hydrogen-bond donors (Lipinski definition) is 1. The third-order valence-corrected chi connectivity index (χ3v) is 3.34. The summed E-state index contributed by atoms with van der Waals surface area (Å²) in [6.07, 6.45) is 0. The minimum absolute atomic E-state index is 0.242. The number of para-hydroxylation sites is 2. The van der Waals surface area contributed by atoms with Crippen LogP contribution in [0.1, 0.15) is 20.8 Å². The zero-order chi connectivity index (χ0) is 15.9. The minimum Gasteiger partial charge on any atom is -0.495 e. The summed E-state index contributed by atoms with van der Waals surface area (Å²) in [5, 5.41) is 3.22. The van der Waals surface area contributed by atoms with Gasteiger partial charge < -0.3 is 19.7 Å². The number of nitrogens with zero attached hydrogens (tertiary/aromatic N) is 1. The minimum atomic E-state index is -0.764. The van der Waals surface area contributed by atoms with E-state index in [1.165, 1.54) is 0 Å². The van der Waals surface area contributed by atoms with E-state index in [1.54, 1.807) is 7.11 Å². The first kappa shape index (κ1) is 17.3. The Morgan fingerprint density at radius 1 is 1.33 bits per heavy atom. The van der Waals surface area contributed by atoms with Crippen LogP contribution >= 0.6 is 0 Å². The Balaban J connectivity index is 2.95. The average Bonchev–Trinajstić information content (AvgIpc) is 2.47. The molecule has 0 aromatic heterocycles. The predicted octanol–water partition coefficient (Wildman–Crippen LogP) is 2.06. The molecule has 0 bridgehead atoms. The van der Waals surface area contributed by atoms with Gasteiger partial charge in [-0.2, -0.15) is 0 Å². The second-order valence-electron chi connectivity index (χ2n) is 5.11. The Kier molecular flexibility index (Phi) is 6.49. The maximum atomic E-state index is 12.2. The van der Waals surface area contributed by atoms with Gasteiger partial charge in [0.25, 0.3) is 0 Å². The number of ether oxygens (including phenoxy) is 2. The van der Waals surface area contributed by atoms with Crippen LogP contribution in [-0.4, -0.2) is 45.4 Å². The number of hydrogen-bond acceptors (Lipinski definition) is 5. The lowest BCUT2D eigenvalue weighted by Gasteiger charge is -2.33. The highest BCUT2D eigenvalue weighted by Crippen LogP contribution is 2.27. The molecule has 1 atom stereocenters. The van der Waals surface area contributed by atoms with Gasteiger partial charge in [-0.1, -0.05) is 19.1 Å². The largest absolute Gasteiger partial charge is 0.495 e. The Bertz CT molecular complexity index is 465. The number of carbonyl (C=O) groups is 1. The zero-order valence-electron chi connectivity index (χ0n) is 13.6. The van der Waals surface area contributed by atoms with Gasteiger partial charge in [0.1, 0.15) is 11.3 Å². The van der Waals surface area contributed by atoms with Crippen molar-refractivity contribution >= 4 is 11.7 Å². The molecule has 0 aliphatic rings. The van der Waals surface area contributed by atoms with E-state index >= 15 is 0 Å². The number of likely N-dealkylation sites (N-methyl/N-ethyl adjacent to an activating group) is 2. The van der Waals surface area contributed by atoms with E-state index in [2.05, 4.69) is 5.32 Å². The molecule has 1 rings (SSSR count). The highest BCUT2D eigenvalue weighted by atomic mass is 16.5. The van der Waals surface area contributed by atoms with Gasteiger partial charge in [0, 0.05) is 13.6 Å². The van der Waals surface area contributed by atoms with E-state index in [0.717, 1.165) is 11.4 Å². The summed E-state index contributed by atoms with van der Waals surface area (Å²) in [4.78, 5) is 14.2. The standard InChI is InChI=1S/C16H26N2O3/c1-6-17-16(3,15(19)21-7-2)12-18(4)13-10-8-9-11-14(13)20-5/h8-11,17H,6-7,12H2,1-5H3. The molecule has 0 heterocycles. The first-order chi connectivity index (χ1) is 9.98. The van der Waals surface area contributed by atoms with Gasteiger partial charge in [-0.15, -0.1) is 0 Å². The number of benzene rings is 1. The third-order valence-electron chi connectivity index (χ3n) is 3.34. The maximum absolute atomic E-state index is 12.2. The molecular formula is C16H26N2O3. The van der Waals surface area contributed by atoms with E-state index in [-0.39, 0.29) is 5.97 Å². The molecule has 0 amide bonds. The second-order valence-corrected chi connectivity index (χ2v) is 5.11. The predicted molar refractivity (Wildman–Crippen MR) is 85.0 cm³/mol. The lowest BCUT2D eigenvalue weighted by atomic mass is 10.0. The van der Waals surface area contributed by atoms with Gasteiger partial charge in [-0.3, -0.25) is 0 Å². The molecule has 0 saturated carbocycles. The highest BCUT2D eigenvalue weighted by molar-refractivity contribution is 5.81. The Morgan fingerprint density at radius 2 is 2.00 bits per heavy atom. The molecule has 0 saturated heterocycles. The van der Waals surface area contributed by atoms with Crippen LogP contribution in [-0.2, 0) is 9.53 Å². The van der Waals surface area contributed by atoms with Crippen molar-refractivity contribution in [3.63, 3.8) is 0 Å². The third kappa shape index (κ3) is 4.36. The molecule has 0 fully saturated rings. The fourth-order valence-corrected chi connectivity index (χ4v) is 2.38. The average molecular weight is 294 g/mol. The normalized spacial score (nSPS) is 13.4. The SMILES string of the molecule is CCNC(C)(CN(C)c1ccccc1OC)C(=O)OCC. The Hall–Kier alpha value is -1.75. The molecule has 1 N–H and O–H groups in total.